The highest BCUT2D eigenvalue weighted by Crippen LogP contribution is 2.23. The molecule has 30 heavy (non-hydrogen) atoms. The van der Waals surface area contributed by atoms with Gasteiger partial charge in [0.25, 0.3) is 0 Å². The van der Waals surface area contributed by atoms with E-state index < -0.39 is 0 Å². The number of hydrogen-bond acceptors (Lipinski definition) is 9. The average molecular weight is 442 g/mol. The second kappa shape index (κ2) is 9.86. The fourth-order valence-corrected chi connectivity index (χ4v) is 4.51. The van der Waals surface area contributed by atoms with Crippen molar-refractivity contribution in [1.29, 1.82) is 0 Å². The summed E-state index contributed by atoms with van der Waals surface area (Å²) in [5.74, 6) is 1.05. The highest BCUT2D eigenvalue weighted by atomic mass is 32.2. The minimum absolute atomic E-state index is 0.115. The van der Waals surface area contributed by atoms with Crippen molar-refractivity contribution in [3.05, 3.63) is 47.7 Å². The average Bonchev–Trinajstić information content (AvgIpc) is 3.26. The fraction of sp³-hybridized carbons (Fsp3) is 0.350. The van der Waals surface area contributed by atoms with Gasteiger partial charge in [-0.3, -0.25) is 10.1 Å². The molecule has 1 fully saturated rings. The van der Waals surface area contributed by atoms with Gasteiger partial charge in [0.1, 0.15) is 22.2 Å². The van der Waals surface area contributed by atoms with E-state index in [0.29, 0.717) is 5.13 Å². The molecule has 0 saturated carbocycles. The lowest BCUT2D eigenvalue weighted by atomic mass is 10.2. The van der Waals surface area contributed by atoms with Crippen LogP contribution in [0.5, 0.6) is 0 Å². The van der Waals surface area contributed by atoms with Crippen LogP contribution in [0.25, 0.3) is 0 Å². The van der Waals surface area contributed by atoms with E-state index in [4.69, 9.17) is 0 Å². The first-order valence-corrected chi connectivity index (χ1v) is 11.6. The molecule has 8 nitrogen and oxygen atoms in total. The third-order valence-electron chi connectivity index (χ3n) is 4.72. The Morgan fingerprint density at radius 2 is 1.87 bits per heavy atom. The first-order valence-electron chi connectivity index (χ1n) is 9.83. The smallest absolute Gasteiger partial charge is 0.236 e. The third kappa shape index (κ3) is 5.25. The Balaban J connectivity index is 1.29. The summed E-state index contributed by atoms with van der Waals surface area (Å²) in [7, 11) is 0. The number of nitrogens with one attached hydrogen (secondary N) is 1. The van der Waals surface area contributed by atoms with Gasteiger partial charge in [-0.1, -0.05) is 48.2 Å². The van der Waals surface area contributed by atoms with E-state index >= 15 is 0 Å². The topological polar surface area (TPSA) is 87.1 Å². The second-order valence-electron chi connectivity index (χ2n) is 6.72. The molecule has 1 aliphatic heterocycles. The molecule has 156 valence electrons. The van der Waals surface area contributed by atoms with Gasteiger partial charge in [0.2, 0.25) is 11.0 Å². The minimum Gasteiger partial charge on any atom is -0.368 e. The molecule has 1 aromatic carbocycles. The summed E-state index contributed by atoms with van der Waals surface area (Å²) in [6.45, 7) is 5.69. The van der Waals surface area contributed by atoms with Crippen LogP contribution in [0.2, 0.25) is 0 Å². The molecule has 0 spiro atoms. The van der Waals surface area contributed by atoms with E-state index in [1.54, 1.807) is 6.33 Å². The van der Waals surface area contributed by atoms with Gasteiger partial charge in [-0.25, -0.2) is 9.97 Å². The Morgan fingerprint density at radius 3 is 2.60 bits per heavy atom. The number of thioether (sulfide) groups is 1. The maximum absolute atomic E-state index is 12.2. The van der Waals surface area contributed by atoms with Gasteiger partial charge in [0, 0.05) is 37.9 Å². The van der Waals surface area contributed by atoms with E-state index in [1.807, 2.05) is 19.1 Å². The molecular formula is C20H23N7OS2. The number of piperazine rings is 1. The van der Waals surface area contributed by atoms with Gasteiger partial charge < -0.3 is 9.80 Å². The van der Waals surface area contributed by atoms with Crippen LogP contribution in [0.15, 0.2) is 47.8 Å². The number of rotatable bonds is 7. The maximum atomic E-state index is 12.2. The Kier molecular flexibility index (Phi) is 6.75. The first kappa shape index (κ1) is 20.5. The predicted octanol–water partition coefficient (Wildman–Crippen LogP) is 2.95. The summed E-state index contributed by atoms with van der Waals surface area (Å²) in [5, 5.41) is 13.0. The van der Waals surface area contributed by atoms with Crippen LogP contribution in [0, 0.1) is 0 Å². The number of carbonyl (C=O) groups excluding carboxylic acids is 1. The summed E-state index contributed by atoms with van der Waals surface area (Å²) < 4.78 is 0. The largest absolute Gasteiger partial charge is 0.368 e. The molecule has 0 atom stereocenters. The van der Waals surface area contributed by atoms with Crippen LogP contribution >= 0.6 is 23.1 Å². The number of benzene rings is 1. The third-order valence-corrected chi connectivity index (χ3v) is 6.63. The highest BCUT2D eigenvalue weighted by molar-refractivity contribution is 7.99. The van der Waals surface area contributed by atoms with E-state index in [1.165, 1.54) is 28.8 Å². The van der Waals surface area contributed by atoms with Crippen LogP contribution < -0.4 is 15.1 Å². The first-order chi connectivity index (χ1) is 14.7. The molecule has 0 aliphatic carbocycles. The van der Waals surface area contributed by atoms with E-state index in [-0.39, 0.29) is 11.7 Å². The number of hydrogen-bond donors (Lipinski definition) is 1. The minimum atomic E-state index is -0.115. The number of aryl methyl sites for hydroxylation is 1. The summed E-state index contributed by atoms with van der Waals surface area (Å²) in [5.41, 5.74) is 1.25. The molecule has 4 rings (SSSR count). The standard InChI is InChI=1S/C20H23N7OS2/c1-2-18-24-25-20(30-18)23-17(28)13-29-19-12-16(21-14-22-19)27-10-8-26(9-11-27)15-6-4-3-5-7-15/h3-7,12,14H,2,8-11,13H2,1H3,(H,23,25,28). The molecule has 1 amide bonds. The molecule has 1 aliphatic rings. The molecule has 3 aromatic rings. The summed E-state index contributed by atoms with van der Waals surface area (Å²) in [6.07, 6.45) is 2.38. The van der Waals surface area contributed by atoms with E-state index in [2.05, 4.69) is 59.5 Å². The summed E-state index contributed by atoms with van der Waals surface area (Å²) in [4.78, 5) is 25.6. The Labute approximate surface area is 183 Å². The van der Waals surface area contributed by atoms with Crippen molar-refractivity contribution in [3.8, 4) is 0 Å². The van der Waals surface area contributed by atoms with Crippen molar-refractivity contribution in [1.82, 2.24) is 20.2 Å². The second-order valence-corrected chi connectivity index (χ2v) is 8.77. The van der Waals surface area contributed by atoms with Crippen molar-refractivity contribution >= 4 is 45.6 Å². The number of anilines is 3. The van der Waals surface area contributed by atoms with Gasteiger partial charge in [-0.2, -0.15) is 0 Å². The van der Waals surface area contributed by atoms with Gasteiger partial charge in [0.05, 0.1) is 5.75 Å². The molecule has 10 heteroatoms. The van der Waals surface area contributed by atoms with Gasteiger partial charge in [-0.05, 0) is 18.6 Å². The fourth-order valence-electron chi connectivity index (χ4n) is 3.16. The molecule has 3 heterocycles. The molecule has 1 saturated heterocycles. The molecule has 0 bridgehead atoms. The van der Waals surface area contributed by atoms with Crippen LogP contribution in [-0.2, 0) is 11.2 Å². The lowest BCUT2D eigenvalue weighted by Gasteiger charge is -2.36. The van der Waals surface area contributed by atoms with E-state index in [0.717, 1.165) is 48.5 Å². The number of amides is 1. The zero-order valence-electron chi connectivity index (χ0n) is 16.7. The zero-order valence-corrected chi connectivity index (χ0v) is 18.3. The van der Waals surface area contributed by atoms with Gasteiger partial charge >= 0.3 is 0 Å². The van der Waals surface area contributed by atoms with Crippen LogP contribution in [0.3, 0.4) is 0 Å². The van der Waals surface area contributed by atoms with Crippen LogP contribution in [0.1, 0.15) is 11.9 Å². The van der Waals surface area contributed by atoms with Crippen LogP contribution in [0.4, 0.5) is 16.6 Å². The number of aromatic nitrogens is 4. The zero-order chi connectivity index (χ0) is 20.8. The summed E-state index contributed by atoms with van der Waals surface area (Å²) in [6, 6.07) is 12.4. The predicted molar refractivity (Wildman–Crippen MR) is 122 cm³/mol. The van der Waals surface area contributed by atoms with Crippen LogP contribution in [-0.4, -0.2) is 58.0 Å². The quantitative estimate of drug-likeness (QED) is 0.442. The summed E-state index contributed by atoms with van der Waals surface area (Å²) >= 11 is 2.80. The van der Waals surface area contributed by atoms with Crippen molar-refractivity contribution in [2.75, 3.05) is 47.0 Å². The number of nitrogens with zero attached hydrogens (tertiary/aromatic N) is 6. The SMILES string of the molecule is CCc1nnc(NC(=O)CSc2cc(N3CCN(c4ccccc4)CC3)ncn2)s1. The highest BCUT2D eigenvalue weighted by Gasteiger charge is 2.19. The van der Waals surface area contributed by atoms with E-state index in [9.17, 15) is 4.79 Å². The van der Waals surface area contributed by atoms with Crippen molar-refractivity contribution in [2.45, 2.75) is 18.4 Å². The molecule has 2 aromatic heterocycles. The van der Waals surface area contributed by atoms with Gasteiger partial charge in [0.15, 0.2) is 0 Å². The Bertz CT molecular complexity index is 974. The maximum Gasteiger partial charge on any atom is 0.236 e. The lowest BCUT2D eigenvalue weighted by molar-refractivity contribution is -0.113. The lowest BCUT2D eigenvalue weighted by Crippen LogP contribution is -2.46. The molecular weight excluding hydrogens is 418 g/mol. The Morgan fingerprint density at radius 1 is 1.10 bits per heavy atom. The van der Waals surface area contributed by atoms with Crippen molar-refractivity contribution in [2.24, 2.45) is 0 Å². The van der Waals surface area contributed by atoms with Crippen molar-refractivity contribution in [3.63, 3.8) is 0 Å². The Hall–Kier alpha value is -2.72. The molecule has 0 radical (unpaired) electrons. The normalized spacial score (nSPS) is 14.0. The number of carbonyl (C=O) groups is 1. The van der Waals surface area contributed by atoms with Gasteiger partial charge in [-0.15, -0.1) is 10.2 Å². The monoisotopic (exact) mass is 441 g/mol. The van der Waals surface area contributed by atoms with Crippen molar-refractivity contribution < 1.29 is 4.79 Å². The number of para-hydroxylation sites is 1. The molecule has 1 N–H and O–H groups in total. The molecule has 0 unspecified atom stereocenters.